The Balaban J connectivity index is 1.48. The van der Waals surface area contributed by atoms with Gasteiger partial charge in [-0.15, -0.1) is 0 Å². The minimum atomic E-state index is -0.108. The van der Waals surface area contributed by atoms with Gasteiger partial charge in [-0.2, -0.15) is 0 Å². The van der Waals surface area contributed by atoms with Gasteiger partial charge in [-0.25, -0.2) is 4.79 Å². The molecule has 0 unspecified atom stereocenters. The number of nitrogens with one attached hydrogen (secondary N) is 1. The van der Waals surface area contributed by atoms with E-state index in [0.717, 1.165) is 23.4 Å². The lowest BCUT2D eigenvalue weighted by Gasteiger charge is -2.24. The Morgan fingerprint density at radius 1 is 0.765 bits per heavy atom. The van der Waals surface area contributed by atoms with Crippen LogP contribution in [0.2, 0.25) is 0 Å². The molecule has 4 nitrogen and oxygen atoms in total. The number of benzene rings is 4. The van der Waals surface area contributed by atoms with Crippen LogP contribution in [0.15, 0.2) is 97.1 Å². The smallest absolute Gasteiger partial charge is 0.322 e. The van der Waals surface area contributed by atoms with Crippen LogP contribution in [-0.4, -0.2) is 15.5 Å². The van der Waals surface area contributed by atoms with E-state index in [0.29, 0.717) is 13.1 Å². The number of hydrogen-bond donors (Lipinski definition) is 1. The van der Waals surface area contributed by atoms with E-state index >= 15 is 0 Å². The molecule has 0 bridgehead atoms. The fourth-order valence-corrected chi connectivity index (χ4v) is 4.60. The largest absolute Gasteiger partial charge is 0.341 e. The summed E-state index contributed by atoms with van der Waals surface area (Å²) in [5, 5.41) is 5.55. The number of fused-ring (bicyclic) bond motifs is 3. The highest BCUT2D eigenvalue weighted by molar-refractivity contribution is 6.08. The van der Waals surface area contributed by atoms with Crippen molar-refractivity contribution >= 4 is 33.5 Å². The minimum Gasteiger partial charge on any atom is -0.341 e. The third kappa shape index (κ3) is 4.40. The molecule has 2 amide bonds. The van der Waals surface area contributed by atoms with Crippen LogP contribution < -0.4 is 5.32 Å². The summed E-state index contributed by atoms with van der Waals surface area (Å²) in [6.07, 6.45) is 0. The van der Waals surface area contributed by atoms with E-state index in [1.165, 1.54) is 27.4 Å². The number of carbonyl (C=O) groups is 1. The molecule has 0 saturated heterocycles. The first-order chi connectivity index (χ1) is 16.6. The number of para-hydroxylation sites is 1. The fraction of sp³-hybridized carbons (Fsp3) is 0.167. The summed E-state index contributed by atoms with van der Waals surface area (Å²) < 4.78 is 2.35. The van der Waals surface area contributed by atoms with Crippen molar-refractivity contribution in [1.29, 1.82) is 0 Å². The number of hydrogen-bond acceptors (Lipinski definition) is 1. The number of nitrogens with zero attached hydrogens (tertiary/aromatic N) is 2. The Bertz CT molecular complexity index is 1440. The lowest BCUT2D eigenvalue weighted by Crippen LogP contribution is -2.34. The lowest BCUT2D eigenvalue weighted by atomic mass is 10.1. The van der Waals surface area contributed by atoms with Gasteiger partial charge in [-0.1, -0.05) is 72.3 Å². The average molecular weight is 448 g/mol. The van der Waals surface area contributed by atoms with Gasteiger partial charge in [-0.05, 0) is 55.3 Å². The average Bonchev–Trinajstić information content (AvgIpc) is 3.18. The molecule has 0 aliphatic carbocycles. The van der Waals surface area contributed by atoms with Crippen molar-refractivity contribution in [2.24, 2.45) is 0 Å². The van der Waals surface area contributed by atoms with E-state index in [4.69, 9.17) is 0 Å². The molecule has 5 aromatic rings. The van der Waals surface area contributed by atoms with Crippen molar-refractivity contribution in [3.8, 4) is 0 Å². The molecule has 0 saturated carbocycles. The zero-order valence-electron chi connectivity index (χ0n) is 19.7. The molecule has 0 atom stereocenters. The molecule has 0 spiro atoms. The van der Waals surface area contributed by atoms with Gasteiger partial charge < -0.3 is 14.8 Å². The highest BCUT2D eigenvalue weighted by atomic mass is 16.2. The van der Waals surface area contributed by atoms with Gasteiger partial charge in [0.2, 0.25) is 0 Å². The molecule has 0 radical (unpaired) electrons. The van der Waals surface area contributed by atoms with E-state index in [1.54, 1.807) is 0 Å². The summed E-state index contributed by atoms with van der Waals surface area (Å²) in [5.41, 5.74) is 6.65. The highest BCUT2D eigenvalue weighted by Crippen LogP contribution is 2.30. The van der Waals surface area contributed by atoms with Gasteiger partial charge in [0.25, 0.3) is 0 Å². The van der Waals surface area contributed by atoms with Crippen LogP contribution in [0.5, 0.6) is 0 Å². The van der Waals surface area contributed by atoms with Gasteiger partial charge >= 0.3 is 6.03 Å². The summed E-state index contributed by atoms with van der Waals surface area (Å²) in [6.45, 7) is 6.19. The standard InChI is InChI=1S/C30H29N3O/c1-3-33-28-12-8-7-11-26(28)27-19-24(15-18-29(27)33)21-32(20-23-9-5-4-6-10-23)30(34)31-25-16-13-22(2)14-17-25/h4-19H,3,20-21H2,1-2H3,(H,31,34). The predicted octanol–water partition coefficient (Wildman–Crippen LogP) is 7.36. The van der Waals surface area contributed by atoms with E-state index in [-0.39, 0.29) is 6.03 Å². The van der Waals surface area contributed by atoms with Crippen molar-refractivity contribution < 1.29 is 4.79 Å². The van der Waals surface area contributed by atoms with Crippen LogP contribution in [0.1, 0.15) is 23.6 Å². The maximum atomic E-state index is 13.3. The Morgan fingerprint density at radius 3 is 2.21 bits per heavy atom. The number of amides is 2. The van der Waals surface area contributed by atoms with Gasteiger partial charge in [0, 0.05) is 47.1 Å². The first-order valence-electron chi connectivity index (χ1n) is 11.8. The van der Waals surface area contributed by atoms with Crippen molar-refractivity contribution in [1.82, 2.24) is 9.47 Å². The summed E-state index contributed by atoms with van der Waals surface area (Å²) in [6, 6.07) is 33.0. The Kier molecular flexibility index (Phi) is 6.05. The van der Waals surface area contributed by atoms with Crippen molar-refractivity contribution in [2.45, 2.75) is 33.5 Å². The zero-order valence-corrected chi connectivity index (χ0v) is 19.7. The molecule has 1 N–H and O–H groups in total. The van der Waals surface area contributed by atoms with Crippen LogP contribution in [0.4, 0.5) is 10.5 Å². The second-order valence-corrected chi connectivity index (χ2v) is 8.75. The molecule has 1 heterocycles. The van der Waals surface area contributed by atoms with Crippen molar-refractivity contribution in [3.63, 3.8) is 0 Å². The van der Waals surface area contributed by atoms with Gasteiger partial charge in [0.15, 0.2) is 0 Å². The SMILES string of the molecule is CCn1c2ccccc2c2cc(CN(Cc3ccccc3)C(=O)Nc3ccc(C)cc3)ccc21. The van der Waals surface area contributed by atoms with E-state index in [1.807, 2.05) is 54.3 Å². The summed E-state index contributed by atoms with van der Waals surface area (Å²) >= 11 is 0. The molecule has 1 aromatic heterocycles. The predicted molar refractivity (Wildman–Crippen MR) is 141 cm³/mol. The Hall–Kier alpha value is -4.05. The van der Waals surface area contributed by atoms with E-state index < -0.39 is 0 Å². The summed E-state index contributed by atoms with van der Waals surface area (Å²) in [7, 11) is 0. The monoisotopic (exact) mass is 447 g/mol. The summed E-state index contributed by atoms with van der Waals surface area (Å²) in [5.74, 6) is 0. The highest BCUT2D eigenvalue weighted by Gasteiger charge is 2.17. The molecular formula is C30H29N3O. The molecular weight excluding hydrogens is 418 g/mol. The maximum Gasteiger partial charge on any atom is 0.322 e. The van der Waals surface area contributed by atoms with Crippen molar-refractivity contribution in [2.75, 3.05) is 5.32 Å². The van der Waals surface area contributed by atoms with Gasteiger partial charge in [-0.3, -0.25) is 0 Å². The molecule has 4 heteroatoms. The molecule has 0 aliphatic heterocycles. The second-order valence-electron chi connectivity index (χ2n) is 8.75. The summed E-state index contributed by atoms with van der Waals surface area (Å²) in [4.78, 5) is 15.2. The van der Waals surface area contributed by atoms with Crippen molar-refractivity contribution in [3.05, 3.63) is 114 Å². The number of anilines is 1. The van der Waals surface area contributed by atoms with E-state index in [9.17, 15) is 4.79 Å². The Morgan fingerprint density at radius 2 is 1.44 bits per heavy atom. The third-order valence-electron chi connectivity index (χ3n) is 6.33. The number of aryl methyl sites for hydroxylation is 2. The zero-order chi connectivity index (χ0) is 23.5. The second kappa shape index (κ2) is 9.44. The lowest BCUT2D eigenvalue weighted by molar-refractivity contribution is 0.206. The number of aromatic nitrogens is 1. The molecule has 4 aromatic carbocycles. The normalized spacial score (nSPS) is 11.1. The fourth-order valence-electron chi connectivity index (χ4n) is 4.60. The molecule has 170 valence electrons. The molecule has 0 fully saturated rings. The van der Waals surface area contributed by atoms with Crippen LogP contribution in [-0.2, 0) is 19.6 Å². The number of rotatable bonds is 6. The molecule has 0 aliphatic rings. The minimum absolute atomic E-state index is 0.108. The quantitative estimate of drug-likeness (QED) is 0.290. The molecule has 34 heavy (non-hydrogen) atoms. The topological polar surface area (TPSA) is 37.3 Å². The van der Waals surface area contributed by atoms with Crippen LogP contribution >= 0.6 is 0 Å². The van der Waals surface area contributed by atoms with Gasteiger partial charge in [0.1, 0.15) is 0 Å². The molecule has 5 rings (SSSR count). The van der Waals surface area contributed by atoms with Crippen LogP contribution in [0.25, 0.3) is 21.8 Å². The number of urea groups is 1. The first kappa shape index (κ1) is 21.8. The van der Waals surface area contributed by atoms with Crippen LogP contribution in [0, 0.1) is 6.92 Å². The maximum absolute atomic E-state index is 13.3. The van der Waals surface area contributed by atoms with E-state index in [2.05, 4.69) is 71.4 Å². The Labute approximate surface area is 200 Å². The van der Waals surface area contributed by atoms with Gasteiger partial charge in [0.05, 0.1) is 0 Å². The third-order valence-corrected chi connectivity index (χ3v) is 6.33. The number of carbonyl (C=O) groups excluding carboxylic acids is 1. The van der Waals surface area contributed by atoms with Crippen LogP contribution in [0.3, 0.4) is 0 Å². The first-order valence-corrected chi connectivity index (χ1v) is 11.8.